The van der Waals surface area contributed by atoms with Crippen molar-refractivity contribution in [2.45, 2.75) is 25.7 Å². The Morgan fingerprint density at radius 2 is 1.91 bits per heavy atom. The van der Waals surface area contributed by atoms with Crippen LogP contribution >= 0.6 is 23.2 Å². The third-order valence-corrected chi connectivity index (χ3v) is 6.06. The summed E-state index contributed by atoms with van der Waals surface area (Å²) in [6.07, 6.45) is 7.39. The number of pyridine rings is 2. The Labute approximate surface area is 198 Å². The largest absolute Gasteiger partial charge is 0.493 e. The minimum Gasteiger partial charge on any atom is -0.493 e. The van der Waals surface area contributed by atoms with Crippen LogP contribution in [0.3, 0.4) is 0 Å². The number of nitrogens with one attached hydrogen (secondary N) is 1. The van der Waals surface area contributed by atoms with Crippen molar-refractivity contribution >= 4 is 45.5 Å². The van der Waals surface area contributed by atoms with E-state index >= 15 is 0 Å². The summed E-state index contributed by atoms with van der Waals surface area (Å²) in [6, 6.07) is 5.96. The molecule has 1 aliphatic rings. The summed E-state index contributed by atoms with van der Waals surface area (Å²) in [4.78, 5) is 11.2. The summed E-state index contributed by atoms with van der Waals surface area (Å²) >= 11 is 12.8. The Morgan fingerprint density at radius 3 is 2.56 bits per heavy atom. The Balaban J connectivity index is 1.79. The fourth-order valence-corrected chi connectivity index (χ4v) is 4.02. The highest BCUT2D eigenvalue weighted by Crippen LogP contribution is 2.41. The van der Waals surface area contributed by atoms with E-state index in [0.29, 0.717) is 39.8 Å². The van der Waals surface area contributed by atoms with Crippen molar-refractivity contribution in [2.24, 2.45) is 5.92 Å². The van der Waals surface area contributed by atoms with Gasteiger partial charge in [-0.1, -0.05) is 23.2 Å². The number of nitrogens with zero attached hydrogens (tertiary/aromatic N) is 3. The topological polar surface area (TPSA) is 59.5 Å². The summed E-state index contributed by atoms with van der Waals surface area (Å²) in [6.45, 7) is 1.65. The third kappa shape index (κ3) is 5.37. The van der Waals surface area contributed by atoms with Gasteiger partial charge in [0.2, 0.25) is 0 Å². The lowest BCUT2D eigenvalue weighted by atomic mass is 10.1. The van der Waals surface area contributed by atoms with Gasteiger partial charge in [-0.2, -0.15) is 0 Å². The van der Waals surface area contributed by atoms with Crippen LogP contribution in [0.2, 0.25) is 10.0 Å². The van der Waals surface area contributed by atoms with Crippen LogP contribution in [0.1, 0.15) is 25.0 Å². The van der Waals surface area contributed by atoms with E-state index in [9.17, 15) is 0 Å². The molecule has 2 heterocycles. The summed E-state index contributed by atoms with van der Waals surface area (Å²) in [5.41, 5.74) is 3.22. The maximum Gasteiger partial charge on any atom is 0.187 e. The van der Waals surface area contributed by atoms with Crippen LogP contribution in [0.15, 0.2) is 30.6 Å². The molecule has 8 heteroatoms. The quantitative estimate of drug-likeness (QED) is 0.390. The number of benzene rings is 1. The van der Waals surface area contributed by atoms with E-state index in [0.717, 1.165) is 41.7 Å². The molecule has 6 nitrogen and oxygen atoms in total. The van der Waals surface area contributed by atoms with Gasteiger partial charge in [0, 0.05) is 29.2 Å². The van der Waals surface area contributed by atoms with Gasteiger partial charge in [-0.15, -0.1) is 0 Å². The first-order chi connectivity index (χ1) is 15.5. The number of hydrogen-bond donors (Lipinski definition) is 1. The number of aryl methyl sites for hydroxylation is 1. The molecule has 0 radical (unpaired) electrons. The molecule has 1 N–H and O–H groups in total. The SMILES string of the molecule is COc1ccc2c(Nc3c(Cl)cncc3Cl)cc(CCCN(C)C)nc2c1OCC1CC1. The number of aromatic nitrogens is 2. The average molecular weight is 475 g/mol. The Bertz CT molecular complexity index is 1080. The van der Waals surface area contributed by atoms with Crippen molar-refractivity contribution in [3.8, 4) is 11.5 Å². The molecule has 0 amide bonds. The van der Waals surface area contributed by atoms with Crippen molar-refractivity contribution in [1.82, 2.24) is 14.9 Å². The Hall–Kier alpha value is -2.28. The molecule has 1 aromatic carbocycles. The van der Waals surface area contributed by atoms with Crippen LogP contribution < -0.4 is 14.8 Å². The van der Waals surface area contributed by atoms with E-state index in [1.165, 1.54) is 12.8 Å². The number of ether oxygens (including phenoxy) is 2. The summed E-state index contributed by atoms with van der Waals surface area (Å²) in [5, 5.41) is 5.24. The molecule has 0 aliphatic heterocycles. The second-order valence-electron chi connectivity index (χ2n) is 8.42. The molecule has 1 aliphatic carbocycles. The molecule has 1 fully saturated rings. The van der Waals surface area contributed by atoms with Gasteiger partial charge < -0.3 is 19.7 Å². The minimum absolute atomic E-state index is 0.454. The van der Waals surface area contributed by atoms with Crippen LogP contribution in [0, 0.1) is 5.92 Å². The lowest BCUT2D eigenvalue weighted by Crippen LogP contribution is -2.13. The van der Waals surface area contributed by atoms with E-state index in [-0.39, 0.29) is 0 Å². The van der Waals surface area contributed by atoms with Crippen LogP contribution in [-0.4, -0.2) is 49.2 Å². The molecule has 0 spiro atoms. The summed E-state index contributed by atoms with van der Waals surface area (Å²) < 4.78 is 11.8. The van der Waals surface area contributed by atoms with Crippen molar-refractivity contribution in [1.29, 1.82) is 0 Å². The molecule has 170 valence electrons. The number of rotatable bonds is 10. The van der Waals surface area contributed by atoms with Gasteiger partial charge in [0.1, 0.15) is 5.52 Å². The standard InChI is InChI=1S/C24H28Cl2N4O2/c1-30(2)10-4-5-16-11-20(29-23-18(25)12-27-13-19(23)26)17-8-9-21(31-3)24(22(17)28-16)32-14-15-6-7-15/h8-9,11-13,15H,4-7,10,14H2,1-3H3,(H,27,28,29). The lowest BCUT2D eigenvalue weighted by molar-refractivity contribution is 0.283. The monoisotopic (exact) mass is 474 g/mol. The van der Waals surface area contributed by atoms with Gasteiger partial charge in [-0.05, 0) is 70.4 Å². The maximum absolute atomic E-state index is 6.38. The van der Waals surface area contributed by atoms with Gasteiger partial charge >= 0.3 is 0 Å². The van der Waals surface area contributed by atoms with Gasteiger partial charge in [-0.25, -0.2) is 4.98 Å². The highest BCUT2D eigenvalue weighted by Gasteiger charge is 2.24. The van der Waals surface area contributed by atoms with Crippen molar-refractivity contribution < 1.29 is 9.47 Å². The molecule has 2 aromatic heterocycles. The Kier molecular flexibility index (Phi) is 7.23. The summed E-state index contributed by atoms with van der Waals surface area (Å²) in [7, 11) is 5.80. The number of hydrogen-bond acceptors (Lipinski definition) is 6. The van der Waals surface area contributed by atoms with Crippen LogP contribution in [0.25, 0.3) is 10.9 Å². The molecule has 32 heavy (non-hydrogen) atoms. The van der Waals surface area contributed by atoms with Crippen molar-refractivity contribution in [3.05, 3.63) is 46.3 Å². The zero-order chi connectivity index (χ0) is 22.7. The average Bonchev–Trinajstić information content (AvgIpc) is 3.59. The smallest absolute Gasteiger partial charge is 0.187 e. The predicted octanol–water partition coefficient (Wildman–Crippen LogP) is 5.97. The predicted molar refractivity (Wildman–Crippen MR) is 131 cm³/mol. The minimum atomic E-state index is 0.454. The normalized spacial score (nSPS) is 13.6. The van der Waals surface area contributed by atoms with E-state index in [1.807, 2.05) is 12.1 Å². The van der Waals surface area contributed by atoms with E-state index in [1.54, 1.807) is 19.5 Å². The molecule has 0 atom stereocenters. The lowest BCUT2D eigenvalue weighted by Gasteiger charge is -2.18. The molecule has 3 aromatic rings. The highest BCUT2D eigenvalue weighted by atomic mass is 35.5. The number of methoxy groups -OCH3 is 1. The number of halogens is 2. The van der Waals surface area contributed by atoms with Gasteiger partial charge in [0.15, 0.2) is 11.5 Å². The number of anilines is 2. The van der Waals surface area contributed by atoms with Crippen molar-refractivity contribution in [2.75, 3.05) is 39.7 Å². The Morgan fingerprint density at radius 1 is 1.16 bits per heavy atom. The van der Waals surface area contributed by atoms with Crippen LogP contribution in [-0.2, 0) is 6.42 Å². The number of fused-ring (bicyclic) bond motifs is 1. The molecule has 0 bridgehead atoms. The zero-order valence-corrected chi connectivity index (χ0v) is 20.1. The molecule has 0 saturated heterocycles. The highest BCUT2D eigenvalue weighted by molar-refractivity contribution is 6.39. The second kappa shape index (κ2) is 10.1. The molecule has 4 rings (SSSR count). The van der Waals surface area contributed by atoms with Gasteiger partial charge in [0.25, 0.3) is 0 Å². The van der Waals surface area contributed by atoms with E-state index in [4.69, 9.17) is 37.7 Å². The third-order valence-electron chi connectivity index (χ3n) is 5.48. The fourth-order valence-electron chi connectivity index (χ4n) is 3.56. The van der Waals surface area contributed by atoms with Crippen LogP contribution in [0.5, 0.6) is 11.5 Å². The second-order valence-corrected chi connectivity index (χ2v) is 9.23. The van der Waals surface area contributed by atoms with Crippen LogP contribution in [0.4, 0.5) is 11.4 Å². The van der Waals surface area contributed by atoms with E-state index < -0.39 is 0 Å². The van der Waals surface area contributed by atoms with Gasteiger partial charge in [0.05, 0.1) is 29.4 Å². The molecule has 1 saturated carbocycles. The molecular formula is C24H28Cl2N4O2. The van der Waals surface area contributed by atoms with Gasteiger partial charge in [-0.3, -0.25) is 4.98 Å². The first-order valence-electron chi connectivity index (χ1n) is 10.8. The zero-order valence-electron chi connectivity index (χ0n) is 18.6. The molecular weight excluding hydrogens is 447 g/mol. The molecule has 0 unspecified atom stereocenters. The fraction of sp³-hybridized carbons (Fsp3) is 0.417. The van der Waals surface area contributed by atoms with E-state index in [2.05, 4.69) is 35.4 Å². The summed E-state index contributed by atoms with van der Waals surface area (Å²) in [5.74, 6) is 1.98. The first-order valence-corrected chi connectivity index (χ1v) is 11.6. The van der Waals surface area contributed by atoms with Crippen molar-refractivity contribution in [3.63, 3.8) is 0 Å². The maximum atomic E-state index is 6.38. The first kappa shape index (κ1) is 22.9.